The van der Waals surface area contributed by atoms with Crippen molar-refractivity contribution in [2.24, 2.45) is 0 Å². The Hall–Kier alpha value is -5.75. The number of unbranched alkanes of at least 4 members (excludes halogenated alkanes) is 1. The Morgan fingerprint density at radius 1 is 0.740 bits per heavy atom. The molecule has 0 aliphatic heterocycles. The Morgan fingerprint density at radius 3 is 1.96 bits per heavy atom. The molecule has 0 aliphatic rings. The highest BCUT2D eigenvalue weighted by Gasteiger charge is 2.18. The summed E-state index contributed by atoms with van der Waals surface area (Å²) in [5.74, 6) is -0.362. The van der Waals surface area contributed by atoms with Crippen LogP contribution in [0.25, 0.3) is 6.08 Å². The molecule has 0 radical (unpaired) electrons. The largest absolute Gasteiger partial charge is 0.493 e. The zero-order chi connectivity index (χ0) is 35.9. The third-order valence-electron chi connectivity index (χ3n) is 7.14. The molecule has 0 saturated carbocycles. The van der Waals surface area contributed by atoms with Crippen molar-refractivity contribution in [3.63, 3.8) is 0 Å². The second-order valence-corrected chi connectivity index (χ2v) is 11.8. The third kappa shape index (κ3) is 10.6. The standard InChI is InChI=1S/C38H39N3O8S/c1-5-6-20-49-38(45)27-12-14-28(15-13-27)39-34(42)24-50-30-18-16-29(17-19-30)40-37(44)31(41-36(43)26-10-8-7-9-11-26)21-25-22-32(46-2)35(48-4)33(23-25)47-3/h7-19,21-23H,5-6,20,24H2,1-4H3,(H,39,42)(H,40,44)(H,41,43)/b31-21-. The van der Waals surface area contributed by atoms with E-state index < -0.39 is 17.8 Å². The van der Waals surface area contributed by atoms with E-state index in [9.17, 15) is 19.2 Å². The van der Waals surface area contributed by atoms with Crippen LogP contribution in [0.4, 0.5) is 11.4 Å². The average molecular weight is 698 g/mol. The predicted molar refractivity (Wildman–Crippen MR) is 194 cm³/mol. The van der Waals surface area contributed by atoms with E-state index in [4.69, 9.17) is 18.9 Å². The van der Waals surface area contributed by atoms with Crippen molar-refractivity contribution >= 4 is 52.9 Å². The molecule has 0 bridgehead atoms. The Labute approximate surface area is 295 Å². The number of carbonyl (C=O) groups is 4. The number of hydrogen-bond acceptors (Lipinski definition) is 9. The van der Waals surface area contributed by atoms with E-state index in [2.05, 4.69) is 16.0 Å². The van der Waals surface area contributed by atoms with Crippen LogP contribution in [0.3, 0.4) is 0 Å². The van der Waals surface area contributed by atoms with Crippen molar-refractivity contribution in [3.8, 4) is 17.2 Å². The fourth-order valence-corrected chi connectivity index (χ4v) is 5.25. The summed E-state index contributed by atoms with van der Waals surface area (Å²) in [5, 5.41) is 8.35. The SMILES string of the molecule is CCCCOC(=O)c1ccc(NC(=O)CSc2ccc(NC(=O)/C(=C/c3cc(OC)c(OC)c(OC)c3)NC(=O)c3ccccc3)cc2)cc1. The Kier molecular flexibility index (Phi) is 13.9. The molecule has 0 unspecified atom stereocenters. The van der Waals surface area contributed by atoms with Gasteiger partial charge in [0.05, 0.1) is 39.3 Å². The van der Waals surface area contributed by atoms with E-state index in [1.807, 2.05) is 6.92 Å². The van der Waals surface area contributed by atoms with Gasteiger partial charge in [-0.3, -0.25) is 14.4 Å². The van der Waals surface area contributed by atoms with Crippen LogP contribution in [0.5, 0.6) is 17.2 Å². The monoisotopic (exact) mass is 697 g/mol. The summed E-state index contributed by atoms with van der Waals surface area (Å²) in [7, 11) is 4.46. The normalized spacial score (nSPS) is 10.8. The number of carbonyl (C=O) groups excluding carboxylic acids is 4. The molecule has 0 atom stereocenters. The van der Waals surface area contributed by atoms with Crippen LogP contribution in [0.15, 0.2) is 102 Å². The highest BCUT2D eigenvalue weighted by atomic mass is 32.2. The maximum Gasteiger partial charge on any atom is 0.338 e. The van der Waals surface area contributed by atoms with Crippen LogP contribution in [0.1, 0.15) is 46.0 Å². The number of benzene rings is 4. The van der Waals surface area contributed by atoms with Crippen molar-refractivity contribution in [3.05, 3.63) is 113 Å². The fraction of sp³-hybridized carbons (Fsp3) is 0.211. The number of rotatable bonds is 16. The van der Waals surface area contributed by atoms with Crippen LogP contribution in [-0.4, -0.2) is 57.4 Å². The van der Waals surface area contributed by atoms with Crippen LogP contribution in [0.2, 0.25) is 0 Å². The van der Waals surface area contributed by atoms with Crippen molar-refractivity contribution in [2.45, 2.75) is 24.7 Å². The predicted octanol–water partition coefficient (Wildman–Crippen LogP) is 6.81. The molecule has 3 N–H and O–H groups in total. The molecule has 4 aromatic rings. The molecule has 260 valence electrons. The van der Waals surface area contributed by atoms with Crippen molar-refractivity contribution < 1.29 is 38.1 Å². The first kappa shape index (κ1) is 37.1. The molecule has 0 heterocycles. The fourth-order valence-electron chi connectivity index (χ4n) is 4.55. The summed E-state index contributed by atoms with van der Waals surface area (Å²) in [4.78, 5) is 52.1. The molecule has 4 rings (SSSR count). The molecule has 3 amide bonds. The van der Waals surface area contributed by atoms with Gasteiger partial charge in [-0.1, -0.05) is 31.5 Å². The van der Waals surface area contributed by atoms with Gasteiger partial charge in [0.2, 0.25) is 11.7 Å². The van der Waals surface area contributed by atoms with E-state index in [0.717, 1.165) is 17.7 Å². The maximum absolute atomic E-state index is 13.5. The van der Waals surface area contributed by atoms with Crippen LogP contribution in [0, 0.1) is 0 Å². The van der Waals surface area contributed by atoms with Gasteiger partial charge < -0.3 is 34.9 Å². The van der Waals surface area contributed by atoms with Gasteiger partial charge in [0.15, 0.2) is 11.5 Å². The number of hydrogen-bond donors (Lipinski definition) is 3. The summed E-state index contributed by atoms with van der Waals surface area (Å²) < 4.78 is 21.5. The molecule has 0 aliphatic carbocycles. The molecule has 0 saturated heterocycles. The lowest BCUT2D eigenvalue weighted by Gasteiger charge is -2.15. The first-order chi connectivity index (χ1) is 24.2. The van der Waals surface area contributed by atoms with Gasteiger partial charge in [-0.2, -0.15) is 0 Å². The molecule has 11 nitrogen and oxygen atoms in total. The molecule has 0 spiro atoms. The number of methoxy groups -OCH3 is 3. The summed E-state index contributed by atoms with van der Waals surface area (Å²) in [6.07, 6.45) is 3.25. The second-order valence-electron chi connectivity index (χ2n) is 10.7. The number of ether oxygens (including phenoxy) is 4. The van der Waals surface area contributed by atoms with Gasteiger partial charge in [0, 0.05) is 21.8 Å². The van der Waals surface area contributed by atoms with Crippen molar-refractivity contribution in [1.82, 2.24) is 5.32 Å². The van der Waals surface area contributed by atoms with Gasteiger partial charge in [-0.25, -0.2) is 4.79 Å². The lowest BCUT2D eigenvalue weighted by Crippen LogP contribution is -2.30. The highest BCUT2D eigenvalue weighted by Crippen LogP contribution is 2.38. The smallest absolute Gasteiger partial charge is 0.338 e. The van der Waals surface area contributed by atoms with Gasteiger partial charge in [-0.15, -0.1) is 11.8 Å². The van der Waals surface area contributed by atoms with E-state index in [1.54, 1.807) is 91.0 Å². The summed E-state index contributed by atoms with van der Waals surface area (Å²) in [6.45, 7) is 2.40. The summed E-state index contributed by atoms with van der Waals surface area (Å²) in [6, 6.07) is 25.3. The molecule has 0 aromatic heterocycles. The molecule has 4 aromatic carbocycles. The zero-order valence-electron chi connectivity index (χ0n) is 28.2. The van der Waals surface area contributed by atoms with Gasteiger partial charge in [0.25, 0.3) is 11.8 Å². The molecule has 50 heavy (non-hydrogen) atoms. The van der Waals surface area contributed by atoms with Crippen LogP contribution < -0.4 is 30.2 Å². The minimum atomic E-state index is -0.567. The summed E-state index contributed by atoms with van der Waals surface area (Å²) in [5.41, 5.74) is 2.33. The second kappa shape index (κ2) is 18.7. The number of amides is 3. The number of anilines is 2. The van der Waals surface area contributed by atoms with Gasteiger partial charge in [-0.05, 0) is 90.9 Å². The first-order valence-corrected chi connectivity index (χ1v) is 16.7. The van der Waals surface area contributed by atoms with E-state index >= 15 is 0 Å². The minimum Gasteiger partial charge on any atom is -0.493 e. The Bertz CT molecular complexity index is 1790. The lowest BCUT2D eigenvalue weighted by atomic mass is 10.1. The first-order valence-electron chi connectivity index (χ1n) is 15.7. The Balaban J connectivity index is 1.41. The minimum absolute atomic E-state index is 0.0235. The molecule has 12 heteroatoms. The quantitative estimate of drug-likeness (QED) is 0.0498. The Morgan fingerprint density at radius 2 is 1.36 bits per heavy atom. The highest BCUT2D eigenvalue weighted by molar-refractivity contribution is 8.00. The third-order valence-corrected chi connectivity index (χ3v) is 8.16. The van der Waals surface area contributed by atoms with Crippen molar-refractivity contribution in [1.29, 1.82) is 0 Å². The van der Waals surface area contributed by atoms with Gasteiger partial charge >= 0.3 is 5.97 Å². The van der Waals surface area contributed by atoms with E-state index in [1.165, 1.54) is 39.2 Å². The van der Waals surface area contributed by atoms with Crippen LogP contribution >= 0.6 is 11.8 Å². The number of esters is 1. The van der Waals surface area contributed by atoms with Gasteiger partial charge in [0.1, 0.15) is 5.70 Å². The molecular weight excluding hydrogens is 658 g/mol. The summed E-state index contributed by atoms with van der Waals surface area (Å²) >= 11 is 1.32. The molecule has 0 fully saturated rings. The van der Waals surface area contributed by atoms with Crippen LogP contribution in [-0.2, 0) is 14.3 Å². The number of nitrogens with one attached hydrogen (secondary N) is 3. The average Bonchev–Trinajstić information content (AvgIpc) is 3.14. The maximum atomic E-state index is 13.5. The van der Waals surface area contributed by atoms with E-state index in [-0.39, 0.29) is 17.4 Å². The van der Waals surface area contributed by atoms with Crippen molar-refractivity contribution in [2.75, 3.05) is 44.3 Å². The zero-order valence-corrected chi connectivity index (χ0v) is 29.1. The van der Waals surface area contributed by atoms with E-state index in [0.29, 0.717) is 51.9 Å². The lowest BCUT2D eigenvalue weighted by molar-refractivity contribution is -0.114. The topological polar surface area (TPSA) is 141 Å². The molecular formula is C38H39N3O8S. The number of thioether (sulfide) groups is 1.